The Bertz CT molecular complexity index is 625. The van der Waals surface area contributed by atoms with Crippen LogP contribution in [0.1, 0.15) is 23.2 Å². The minimum absolute atomic E-state index is 0.0461. The van der Waals surface area contributed by atoms with Crippen molar-refractivity contribution in [1.82, 2.24) is 4.72 Å². The van der Waals surface area contributed by atoms with Crippen LogP contribution < -0.4 is 4.72 Å². The lowest BCUT2D eigenvalue weighted by Gasteiger charge is -2.22. The van der Waals surface area contributed by atoms with Crippen molar-refractivity contribution in [1.29, 1.82) is 0 Å². The molecule has 1 fully saturated rings. The first-order valence-electron chi connectivity index (χ1n) is 6.50. The summed E-state index contributed by atoms with van der Waals surface area (Å²) in [7, 11) is -3.71. The average molecular weight is 378 g/mol. The molecule has 116 valence electrons. The van der Waals surface area contributed by atoms with E-state index in [1.54, 1.807) is 0 Å². The van der Waals surface area contributed by atoms with Crippen molar-refractivity contribution in [2.75, 3.05) is 19.8 Å². The molecule has 2 rings (SSSR count). The Morgan fingerprint density at radius 1 is 1.38 bits per heavy atom. The number of ether oxygens (including phenoxy) is 1. The Morgan fingerprint density at radius 2 is 2.05 bits per heavy atom. The van der Waals surface area contributed by atoms with Crippen LogP contribution in [0.2, 0.25) is 0 Å². The Morgan fingerprint density at radius 3 is 2.67 bits per heavy atom. The molecule has 0 saturated carbocycles. The number of nitrogens with one attached hydrogen (secondary N) is 1. The number of halogens is 1. The van der Waals surface area contributed by atoms with Gasteiger partial charge in [-0.1, -0.05) is 0 Å². The van der Waals surface area contributed by atoms with Crippen LogP contribution in [0.3, 0.4) is 0 Å². The van der Waals surface area contributed by atoms with Crippen molar-refractivity contribution in [2.24, 2.45) is 5.92 Å². The Hall–Kier alpha value is -0.960. The molecule has 1 heterocycles. The van der Waals surface area contributed by atoms with Gasteiger partial charge in [-0.2, -0.15) is 0 Å². The summed E-state index contributed by atoms with van der Waals surface area (Å²) in [5.74, 6) is -0.925. The Kier molecular flexibility index (Phi) is 5.37. The maximum atomic E-state index is 12.2. The van der Waals surface area contributed by atoms with Crippen LogP contribution in [-0.2, 0) is 14.8 Å². The number of sulfonamides is 1. The van der Waals surface area contributed by atoms with Crippen LogP contribution in [0.15, 0.2) is 27.6 Å². The second kappa shape index (κ2) is 6.87. The standard InChI is InChI=1S/C13H16BrNO5S/c14-12-2-1-10(7-11(12)13(16)17)21(18,19)15-8-9-3-5-20-6-4-9/h1-2,7,9,15H,3-6,8H2,(H,16,17). The topological polar surface area (TPSA) is 92.7 Å². The summed E-state index contributed by atoms with van der Waals surface area (Å²) in [6, 6.07) is 3.95. The third-order valence-electron chi connectivity index (χ3n) is 3.38. The molecule has 0 unspecified atom stereocenters. The summed E-state index contributed by atoms with van der Waals surface area (Å²) in [5.41, 5.74) is -0.0797. The predicted octanol–water partition coefficient (Wildman–Crippen LogP) is 1.85. The minimum atomic E-state index is -3.71. The van der Waals surface area contributed by atoms with Gasteiger partial charge in [-0.05, 0) is 52.9 Å². The van der Waals surface area contributed by atoms with Gasteiger partial charge in [0.15, 0.2) is 0 Å². The number of hydrogen-bond acceptors (Lipinski definition) is 4. The molecule has 1 aliphatic rings. The van der Waals surface area contributed by atoms with Gasteiger partial charge in [-0.3, -0.25) is 0 Å². The molecular formula is C13H16BrNO5S. The summed E-state index contributed by atoms with van der Waals surface area (Å²) in [4.78, 5) is 11.0. The lowest BCUT2D eigenvalue weighted by atomic mass is 10.0. The Labute approximate surface area is 131 Å². The van der Waals surface area contributed by atoms with Gasteiger partial charge in [0, 0.05) is 24.2 Å². The number of carbonyl (C=O) groups is 1. The molecule has 1 saturated heterocycles. The van der Waals surface area contributed by atoms with Crippen molar-refractivity contribution in [3.63, 3.8) is 0 Å². The smallest absolute Gasteiger partial charge is 0.336 e. The molecule has 1 aromatic carbocycles. The van der Waals surface area contributed by atoms with E-state index in [1.807, 2.05) is 0 Å². The molecule has 0 aliphatic carbocycles. The highest BCUT2D eigenvalue weighted by molar-refractivity contribution is 9.10. The number of hydrogen-bond donors (Lipinski definition) is 2. The largest absolute Gasteiger partial charge is 0.478 e. The van der Waals surface area contributed by atoms with E-state index in [9.17, 15) is 13.2 Å². The SMILES string of the molecule is O=C(O)c1cc(S(=O)(=O)NCC2CCOCC2)ccc1Br. The molecule has 0 atom stereocenters. The number of carboxylic acid groups (broad SMARTS) is 1. The number of benzene rings is 1. The highest BCUT2D eigenvalue weighted by Gasteiger charge is 2.21. The molecule has 8 heteroatoms. The first-order valence-corrected chi connectivity index (χ1v) is 8.78. The lowest BCUT2D eigenvalue weighted by molar-refractivity contribution is 0.0677. The van der Waals surface area contributed by atoms with Crippen molar-refractivity contribution in [3.05, 3.63) is 28.2 Å². The summed E-state index contributed by atoms with van der Waals surface area (Å²) in [6.45, 7) is 1.63. The van der Waals surface area contributed by atoms with E-state index < -0.39 is 16.0 Å². The van der Waals surface area contributed by atoms with E-state index >= 15 is 0 Å². The van der Waals surface area contributed by atoms with Gasteiger partial charge < -0.3 is 9.84 Å². The van der Waals surface area contributed by atoms with E-state index in [0.29, 0.717) is 24.2 Å². The van der Waals surface area contributed by atoms with Gasteiger partial charge in [0.05, 0.1) is 10.5 Å². The quantitative estimate of drug-likeness (QED) is 0.816. The van der Waals surface area contributed by atoms with Crippen LogP contribution >= 0.6 is 15.9 Å². The first-order chi connectivity index (χ1) is 9.90. The van der Waals surface area contributed by atoms with Crippen LogP contribution in [0.5, 0.6) is 0 Å². The maximum Gasteiger partial charge on any atom is 0.336 e. The normalized spacial score (nSPS) is 16.8. The monoisotopic (exact) mass is 377 g/mol. The van der Waals surface area contributed by atoms with E-state index in [0.717, 1.165) is 18.9 Å². The number of carboxylic acids is 1. The fourth-order valence-electron chi connectivity index (χ4n) is 2.10. The van der Waals surface area contributed by atoms with Crippen molar-refractivity contribution >= 4 is 31.9 Å². The van der Waals surface area contributed by atoms with Crippen LogP contribution in [-0.4, -0.2) is 39.3 Å². The molecular weight excluding hydrogens is 362 g/mol. The highest BCUT2D eigenvalue weighted by Crippen LogP contribution is 2.21. The van der Waals surface area contributed by atoms with Gasteiger partial charge in [0.1, 0.15) is 0 Å². The predicted molar refractivity (Wildman–Crippen MR) is 79.8 cm³/mol. The van der Waals surface area contributed by atoms with Crippen molar-refractivity contribution in [3.8, 4) is 0 Å². The summed E-state index contributed by atoms with van der Waals surface area (Å²) in [5, 5.41) is 9.03. The van der Waals surface area contributed by atoms with E-state index in [-0.39, 0.29) is 16.4 Å². The fraction of sp³-hybridized carbons (Fsp3) is 0.462. The zero-order valence-corrected chi connectivity index (χ0v) is 13.6. The van der Waals surface area contributed by atoms with E-state index in [1.165, 1.54) is 12.1 Å². The molecule has 1 aliphatic heterocycles. The van der Waals surface area contributed by atoms with Crippen LogP contribution in [0.25, 0.3) is 0 Å². The molecule has 2 N–H and O–H groups in total. The molecule has 1 aromatic rings. The number of aromatic carboxylic acids is 1. The summed E-state index contributed by atoms with van der Waals surface area (Å²) >= 11 is 3.09. The summed E-state index contributed by atoms with van der Waals surface area (Å²) in [6.07, 6.45) is 1.65. The maximum absolute atomic E-state index is 12.2. The molecule has 0 aromatic heterocycles. The molecule has 0 bridgehead atoms. The fourth-order valence-corrected chi connectivity index (χ4v) is 3.66. The molecule has 0 radical (unpaired) electrons. The van der Waals surface area contributed by atoms with Gasteiger partial charge in [-0.25, -0.2) is 17.9 Å². The van der Waals surface area contributed by atoms with Gasteiger partial charge >= 0.3 is 5.97 Å². The van der Waals surface area contributed by atoms with E-state index in [2.05, 4.69) is 20.7 Å². The zero-order chi connectivity index (χ0) is 15.5. The van der Waals surface area contributed by atoms with Crippen molar-refractivity contribution < 1.29 is 23.1 Å². The van der Waals surface area contributed by atoms with E-state index in [4.69, 9.17) is 9.84 Å². The first kappa shape index (κ1) is 16.4. The molecule has 21 heavy (non-hydrogen) atoms. The van der Waals surface area contributed by atoms with Gasteiger partial charge in [0.2, 0.25) is 10.0 Å². The zero-order valence-electron chi connectivity index (χ0n) is 11.2. The second-order valence-corrected chi connectivity index (χ2v) is 7.48. The molecule has 6 nitrogen and oxygen atoms in total. The van der Waals surface area contributed by atoms with Gasteiger partial charge in [-0.15, -0.1) is 0 Å². The third-order valence-corrected chi connectivity index (χ3v) is 5.49. The highest BCUT2D eigenvalue weighted by atomic mass is 79.9. The second-order valence-electron chi connectivity index (χ2n) is 4.85. The number of rotatable bonds is 5. The van der Waals surface area contributed by atoms with Crippen LogP contribution in [0.4, 0.5) is 0 Å². The molecule has 0 amide bonds. The minimum Gasteiger partial charge on any atom is -0.478 e. The third kappa shape index (κ3) is 4.26. The van der Waals surface area contributed by atoms with Gasteiger partial charge in [0.25, 0.3) is 0 Å². The summed E-state index contributed by atoms with van der Waals surface area (Å²) < 4.78 is 32.5. The Balaban J connectivity index is 2.11. The van der Waals surface area contributed by atoms with Crippen LogP contribution in [0, 0.1) is 5.92 Å². The lowest BCUT2D eigenvalue weighted by Crippen LogP contribution is -2.32. The molecule has 0 spiro atoms. The average Bonchev–Trinajstić information content (AvgIpc) is 2.46. The van der Waals surface area contributed by atoms with Crippen molar-refractivity contribution in [2.45, 2.75) is 17.7 Å².